The van der Waals surface area contributed by atoms with Crippen LogP contribution in [0.5, 0.6) is 0 Å². The minimum absolute atomic E-state index is 0. The summed E-state index contributed by atoms with van der Waals surface area (Å²) in [6.07, 6.45) is 3.99. The number of carbonyl (C=O) groups excluding carboxylic acids is 1. The van der Waals surface area contributed by atoms with Gasteiger partial charge in [-0.3, -0.25) is 9.78 Å². The van der Waals surface area contributed by atoms with Crippen molar-refractivity contribution in [2.45, 2.75) is 25.4 Å². The fourth-order valence-electron chi connectivity index (χ4n) is 2.28. The lowest BCUT2D eigenvalue weighted by Gasteiger charge is -2.19. The first-order valence-corrected chi connectivity index (χ1v) is 6.34. The molecule has 1 saturated heterocycles. The number of rotatable bonds is 4. The molecule has 0 aliphatic carbocycles. The van der Waals surface area contributed by atoms with Crippen LogP contribution in [0, 0.1) is 0 Å². The number of nitrogens with one attached hydrogen (secondary N) is 1. The van der Waals surface area contributed by atoms with Crippen molar-refractivity contribution in [3.8, 4) is 0 Å². The third-order valence-electron chi connectivity index (χ3n) is 3.46. The largest absolute Gasteiger partial charge is 0.350 e. The number of hydrogen-bond donors (Lipinski definition) is 2. The Labute approximate surface area is 132 Å². The zero-order valence-corrected chi connectivity index (χ0v) is 13.2. The van der Waals surface area contributed by atoms with Crippen molar-refractivity contribution < 1.29 is 4.79 Å². The number of likely N-dealkylation sites (tertiary alicyclic amines) is 1. The standard InChI is InChI=1S/C13H20N4O.2ClH/c1-17-6-2-3-12(17)9-16-13(18)10-4-5-15-11(7-10)8-14;;/h4-5,7,12H,2-3,6,8-9,14H2,1H3,(H,16,18);2*1H. The molecular weight excluding hydrogens is 299 g/mol. The second kappa shape index (κ2) is 9.13. The molecule has 5 nitrogen and oxygen atoms in total. The van der Waals surface area contributed by atoms with Crippen molar-refractivity contribution in [2.24, 2.45) is 5.73 Å². The van der Waals surface area contributed by atoms with Crippen molar-refractivity contribution in [1.82, 2.24) is 15.2 Å². The molecule has 1 amide bonds. The van der Waals surface area contributed by atoms with Crippen LogP contribution in [0.15, 0.2) is 18.3 Å². The molecule has 1 aliphatic heterocycles. The molecule has 2 heterocycles. The maximum absolute atomic E-state index is 12.0. The van der Waals surface area contributed by atoms with Gasteiger partial charge in [0.05, 0.1) is 5.69 Å². The van der Waals surface area contributed by atoms with Crippen molar-refractivity contribution in [1.29, 1.82) is 0 Å². The Hall–Kier alpha value is -0.880. The molecule has 1 aromatic rings. The highest BCUT2D eigenvalue weighted by Crippen LogP contribution is 2.13. The molecule has 7 heteroatoms. The summed E-state index contributed by atoms with van der Waals surface area (Å²) in [5.41, 5.74) is 6.88. The summed E-state index contributed by atoms with van der Waals surface area (Å²) in [7, 11) is 2.10. The highest BCUT2D eigenvalue weighted by Gasteiger charge is 2.21. The predicted molar refractivity (Wildman–Crippen MR) is 84.6 cm³/mol. The van der Waals surface area contributed by atoms with E-state index >= 15 is 0 Å². The molecule has 0 saturated carbocycles. The average Bonchev–Trinajstić information content (AvgIpc) is 2.81. The molecule has 1 aliphatic rings. The van der Waals surface area contributed by atoms with Crippen molar-refractivity contribution in [2.75, 3.05) is 20.1 Å². The molecule has 1 atom stereocenters. The van der Waals surface area contributed by atoms with E-state index in [2.05, 4.69) is 22.2 Å². The lowest BCUT2D eigenvalue weighted by molar-refractivity contribution is 0.0943. The van der Waals surface area contributed by atoms with Crippen LogP contribution in [0.3, 0.4) is 0 Å². The Morgan fingerprint density at radius 2 is 2.30 bits per heavy atom. The van der Waals surface area contributed by atoms with Crippen LogP contribution in [0.25, 0.3) is 0 Å². The Kier molecular flexibility index (Phi) is 8.73. The second-order valence-electron chi connectivity index (χ2n) is 4.73. The monoisotopic (exact) mass is 320 g/mol. The molecule has 1 aromatic heterocycles. The van der Waals surface area contributed by atoms with Gasteiger partial charge in [-0.1, -0.05) is 0 Å². The second-order valence-corrected chi connectivity index (χ2v) is 4.73. The van der Waals surface area contributed by atoms with Gasteiger partial charge < -0.3 is 16.0 Å². The maximum atomic E-state index is 12.0. The van der Waals surface area contributed by atoms with Crippen molar-refractivity contribution in [3.63, 3.8) is 0 Å². The number of halogens is 2. The fraction of sp³-hybridized carbons (Fsp3) is 0.538. The number of aromatic nitrogens is 1. The zero-order valence-electron chi connectivity index (χ0n) is 11.5. The first-order valence-electron chi connectivity index (χ1n) is 6.34. The Balaban J connectivity index is 0.00000180. The first-order chi connectivity index (χ1) is 8.70. The molecule has 114 valence electrons. The van der Waals surface area contributed by atoms with E-state index in [4.69, 9.17) is 5.73 Å². The van der Waals surface area contributed by atoms with E-state index in [0.29, 0.717) is 24.7 Å². The smallest absolute Gasteiger partial charge is 0.251 e. The average molecular weight is 321 g/mol. The lowest BCUT2D eigenvalue weighted by Crippen LogP contribution is -2.38. The third kappa shape index (κ3) is 4.90. The van der Waals surface area contributed by atoms with E-state index in [1.54, 1.807) is 18.3 Å². The molecule has 0 spiro atoms. The summed E-state index contributed by atoms with van der Waals surface area (Å²) >= 11 is 0. The molecule has 0 aromatic carbocycles. The van der Waals surface area contributed by atoms with Crippen LogP contribution in [-0.4, -0.2) is 42.0 Å². The topological polar surface area (TPSA) is 71.2 Å². The van der Waals surface area contributed by atoms with Gasteiger partial charge in [0.15, 0.2) is 0 Å². The quantitative estimate of drug-likeness (QED) is 0.874. The number of carbonyl (C=O) groups is 1. The van der Waals surface area contributed by atoms with E-state index < -0.39 is 0 Å². The number of nitrogens with two attached hydrogens (primary N) is 1. The van der Waals surface area contributed by atoms with E-state index in [0.717, 1.165) is 18.7 Å². The molecule has 3 N–H and O–H groups in total. The highest BCUT2D eigenvalue weighted by molar-refractivity contribution is 5.94. The van der Waals surface area contributed by atoms with Crippen LogP contribution in [-0.2, 0) is 6.54 Å². The van der Waals surface area contributed by atoms with Crippen LogP contribution in [0.4, 0.5) is 0 Å². The highest BCUT2D eigenvalue weighted by atomic mass is 35.5. The molecule has 0 radical (unpaired) electrons. The minimum atomic E-state index is -0.0487. The molecular formula is C13H22Cl2N4O. The minimum Gasteiger partial charge on any atom is -0.350 e. The SMILES string of the molecule is CN1CCCC1CNC(=O)c1ccnc(CN)c1.Cl.Cl. The Morgan fingerprint density at radius 3 is 2.90 bits per heavy atom. The van der Waals surface area contributed by atoms with E-state index in [1.807, 2.05) is 0 Å². The number of likely N-dealkylation sites (N-methyl/N-ethyl adjacent to an activating group) is 1. The summed E-state index contributed by atoms with van der Waals surface area (Å²) in [5.74, 6) is -0.0487. The number of hydrogen-bond acceptors (Lipinski definition) is 4. The fourth-order valence-corrected chi connectivity index (χ4v) is 2.28. The number of nitrogens with zero attached hydrogens (tertiary/aromatic N) is 2. The van der Waals surface area contributed by atoms with Crippen molar-refractivity contribution in [3.05, 3.63) is 29.6 Å². The van der Waals surface area contributed by atoms with Gasteiger partial charge in [0, 0.05) is 30.9 Å². The summed E-state index contributed by atoms with van der Waals surface area (Å²) in [6, 6.07) is 3.92. The van der Waals surface area contributed by atoms with E-state index in [-0.39, 0.29) is 30.7 Å². The van der Waals surface area contributed by atoms with Crippen LogP contribution < -0.4 is 11.1 Å². The molecule has 20 heavy (non-hydrogen) atoms. The summed E-state index contributed by atoms with van der Waals surface area (Å²) in [6.45, 7) is 2.18. The number of amides is 1. The first kappa shape index (κ1) is 19.1. The van der Waals surface area contributed by atoms with Gasteiger partial charge >= 0.3 is 0 Å². The maximum Gasteiger partial charge on any atom is 0.251 e. The number of pyridine rings is 1. The summed E-state index contributed by atoms with van der Waals surface area (Å²) in [4.78, 5) is 18.3. The van der Waals surface area contributed by atoms with Crippen molar-refractivity contribution >= 4 is 30.7 Å². The molecule has 0 bridgehead atoms. The van der Waals surface area contributed by atoms with Gasteiger partial charge in [-0.15, -0.1) is 24.8 Å². The predicted octanol–water partition coefficient (Wildman–Crippen LogP) is 1.21. The van der Waals surface area contributed by atoms with Gasteiger partial charge in [0.2, 0.25) is 0 Å². The zero-order chi connectivity index (χ0) is 13.0. The van der Waals surface area contributed by atoms with Gasteiger partial charge in [0.25, 0.3) is 5.91 Å². The normalized spacial score (nSPS) is 18.0. The van der Waals surface area contributed by atoms with E-state index in [1.165, 1.54) is 6.42 Å². The third-order valence-corrected chi connectivity index (χ3v) is 3.46. The van der Waals surface area contributed by atoms with Crippen LogP contribution in [0.2, 0.25) is 0 Å². The van der Waals surface area contributed by atoms with Gasteiger partial charge in [0.1, 0.15) is 0 Å². The summed E-state index contributed by atoms with van der Waals surface area (Å²) < 4.78 is 0. The van der Waals surface area contributed by atoms with Gasteiger partial charge in [-0.25, -0.2) is 0 Å². The Bertz CT molecular complexity index is 431. The van der Waals surface area contributed by atoms with Crippen LogP contribution in [0.1, 0.15) is 28.9 Å². The lowest BCUT2D eigenvalue weighted by atomic mass is 10.2. The van der Waals surface area contributed by atoms with Gasteiger partial charge in [-0.2, -0.15) is 0 Å². The van der Waals surface area contributed by atoms with Crippen LogP contribution >= 0.6 is 24.8 Å². The Morgan fingerprint density at radius 1 is 1.55 bits per heavy atom. The summed E-state index contributed by atoms with van der Waals surface area (Å²) in [5, 5.41) is 2.97. The molecule has 1 fully saturated rings. The van der Waals surface area contributed by atoms with Gasteiger partial charge in [-0.05, 0) is 38.6 Å². The van der Waals surface area contributed by atoms with E-state index in [9.17, 15) is 4.79 Å². The molecule has 2 rings (SSSR count). The molecule has 1 unspecified atom stereocenters.